The highest BCUT2D eigenvalue weighted by molar-refractivity contribution is 6.01. The molecule has 24 heavy (non-hydrogen) atoms. The van der Waals surface area contributed by atoms with E-state index in [1.54, 1.807) is 17.3 Å². The molecule has 120 valence electrons. The minimum Gasteiger partial charge on any atom is -0.310 e. The standard InChI is InChI=1S/C19H18N4O/c24-19(22-17-8-4-7-15-11-20-10-9-16(15)17)23-12-18(21-13-23)14-5-2-1-3-6-14/h1-11,18,21H,12-13H2,(H,22,24). The summed E-state index contributed by atoms with van der Waals surface area (Å²) in [6.45, 7) is 1.19. The molecule has 1 aliphatic rings. The van der Waals surface area contributed by atoms with Crippen LogP contribution in [-0.4, -0.2) is 29.1 Å². The van der Waals surface area contributed by atoms with Crippen LogP contribution in [0.3, 0.4) is 0 Å². The first kappa shape index (κ1) is 14.7. The lowest BCUT2D eigenvalue weighted by molar-refractivity contribution is 0.221. The summed E-state index contributed by atoms with van der Waals surface area (Å²) in [4.78, 5) is 18.5. The maximum absolute atomic E-state index is 12.6. The Labute approximate surface area is 140 Å². The van der Waals surface area contributed by atoms with Crippen molar-refractivity contribution in [3.05, 3.63) is 72.6 Å². The summed E-state index contributed by atoms with van der Waals surface area (Å²) in [5.41, 5.74) is 2.01. The van der Waals surface area contributed by atoms with Crippen LogP contribution in [0.15, 0.2) is 67.0 Å². The second-order valence-electron chi connectivity index (χ2n) is 5.88. The van der Waals surface area contributed by atoms with Gasteiger partial charge >= 0.3 is 6.03 Å². The second kappa shape index (κ2) is 6.29. The van der Waals surface area contributed by atoms with E-state index < -0.39 is 0 Å². The van der Waals surface area contributed by atoms with Crippen LogP contribution in [0.5, 0.6) is 0 Å². The Kier molecular flexibility index (Phi) is 3.84. The van der Waals surface area contributed by atoms with E-state index in [1.807, 2.05) is 42.5 Å². The molecular formula is C19H18N4O. The number of amides is 2. The van der Waals surface area contributed by atoms with Gasteiger partial charge in [0.15, 0.2) is 0 Å². The van der Waals surface area contributed by atoms with E-state index >= 15 is 0 Å². The molecule has 0 spiro atoms. The lowest BCUT2D eigenvalue weighted by Crippen LogP contribution is -2.33. The number of hydrogen-bond donors (Lipinski definition) is 2. The Morgan fingerprint density at radius 2 is 2.00 bits per heavy atom. The van der Waals surface area contributed by atoms with Crippen molar-refractivity contribution in [3.8, 4) is 0 Å². The molecule has 2 aromatic carbocycles. The van der Waals surface area contributed by atoms with Crippen molar-refractivity contribution in [2.75, 3.05) is 18.5 Å². The molecule has 0 aliphatic carbocycles. The largest absolute Gasteiger partial charge is 0.322 e. The summed E-state index contributed by atoms with van der Waals surface area (Å²) >= 11 is 0. The smallest absolute Gasteiger partial charge is 0.310 e. The van der Waals surface area contributed by atoms with Gasteiger partial charge in [-0.15, -0.1) is 0 Å². The average molecular weight is 318 g/mol. The topological polar surface area (TPSA) is 57.3 Å². The second-order valence-corrected chi connectivity index (χ2v) is 5.88. The van der Waals surface area contributed by atoms with Crippen molar-refractivity contribution >= 4 is 22.5 Å². The van der Waals surface area contributed by atoms with Gasteiger partial charge in [-0.1, -0.05) is 42.5 Å². The molecule has 0 radical (unpaired) electrons. The highest BCUT2D eigenvalue weighted by atomic mass is 16.2. The summed E-state index contributed by atoms with van der Waals surface area (Å²) in [5, 5.41) is 8.40. The number of carbonyl (C=O) groups excluding carboxylic acids is 1. The molecule has 0 saturated carbocycles. The molecule has 4 rings (SSSR count). The lowest BCUT2D eigenvalue weighted by Gasteiger charge is -2.17. The third kappa shape index (κ3) is 2.81. The number of rotatable bonds is 2. The van der Waals surface area contributed by atoms with Gasteiger partial charge in [-0.2, -0.15) is 0 Å². The van der Waals surface area contributed by atoms with Crippen LogP contribution in [0.1, 0.15) is 11.6 Å². The fourth-order valence-corrected chi connectivity index (χ4v) is 3.06. The first-order valence-electron chi connectivity index (χ1n) is 7.98. The number of pyridine rings is 1. The van der Waals surface area contributed by atoms with E-state index in [-0.39, 0.29) is 12.1 Å². The molecular weight excluding hydrogens is 300 g/mol. The Hall–Kier alpha value is -2.92. The van der Waals surface area contributed by atoms with Crippen molar-refractivity contribution in [1.82, 2.24) is 15.2 Å². The molecule has 1 unspecified atom stereocenters. The molecule has 3 aromatic rings. The van der Waals surface area contributed by atoms with Crippen LogP contribution in [0.2, 0.25) is 0 Å². The van der Waals surface area contributed by atoms with E-state index in [4.69, 9.17) is 0 Å². The average Bonchev–Trinajstić information content (AvgIpc) is 3.13. The maximum atomic E-state index is 12.6. The van der Waals surface area contributed by atoms with E-state index in [0.717, 1.165) is 16.5 Å². The predicted molar refractivity (Wildman–Crippen MR) is 94.7 cm³/mol. The van der Waals surface area contributed by atoms with E-state index in [2.05, 4.69) is 27.8 Å². The van der Waals surface area contributed by atoms with Gasteiger partial charge in [0.05, 0.1) is 18.4 Å². The first-order valence-corrected chi connectivity index (χ1v) is 7.98. The number of carbonyl (C=O) groups is 1. The number of fused-ring (bicyclic) bond motifs is 1. The molecule has 2 N–H and O–H groups in total. The highest BCUT2D eigenvalue weighted by Crippen LogP contribution is 2.24. The molecule has 5 heteroatoms. The van der Waals surface area contributed by atoms with E-state index in [0.29, 0.717) is 13.2 Å². The van der Waals surface area contributed by atoms with Gasteiger partial charge < -0.3 is 10.2 Å². The number of anilines is 1. The zero-order valence-corrected chi connectivity index (χ0v) is 13.1. The Balaban J connectivity index is 1.49. The molecule has 1 aliphatic heterocycles. The van der Waals surface area contributed by atoms with Gasteiger partial charge in [0, 0.05) is 29.7 Å². The van der Waals surface area contributed by atoms with Gasteiger partial charge in [-0.05, 0) is 17.7 Å². The molecule has 1 saturated heterocycles. The van der Waals surface area contributed by atoms with E-state index in [9.17, 15) is 4.79 Å². The number of urea groups is 1. The first-order chi connectivity index (χ1) is 11.8. The van der Waals surface area contributed by atoms with Crippen molar-refractivity contribution in [1.29, 1.82) is 0 Å². The minimum atomic E-state index is -0.0924. The van der Waals surface area contributed by atoms with Crippen LogP contribution in [-0.2, 0) is 0 Å². The summed E-state index contributed by atoms with van der Waals surface area (Å²) in [5.74, 6) is 0. The van der Waals surface area contributed by atoms with E-state index in [1.165, 1.54) is 5.56 Å². The van der Waals surface area contributed by atoms with Gasteiger partial charge in [0.25, 0.3) is 0 Å². The molecule has 1 atom stereocenters. The predicted octanol–water partition coefficient (Wildman–Crippen LogP) is 3.37. The van der Waals surface area contributed by atoms with Crippen molar-refractivity contribution in [2.24, 2.45) is 0 Å². The summed E-state index contributed by atoms with van der Waals surface area (Å²) in [6.07, 6.45) is 3.54. The number of nitrogens with zero attached hydrogens (tertiary/aromatic N) is 2. The fourth-order valence-electron chi connectivity index (χ4n) is 3.06. The van der Waals surface area contributed by atoms with Crippen molar-refractivity contribution in [3.63, 3.8) is 0 Å². The number of nitrogens with one attached hydrogen (secondary N) is 2. The SMILES string of the molecule is O=C(Nc1cccc2cnccc12)N1CNC(c2ccccc2)C1. The lowest BCUT2D eigenvalue weighted by atomic mass is 10.1. The summed E-state index contributed by atoms with van der Waals surface area (Å²) in [6, 6.07) is 18.0. The summed E-state index contributed by atoms with van der Waals surface area (Å²) < 4.78 is 0. The fraction of sp³-hybridized carbons (Fsp3) is 0.158. The number of benzene rings is 2. The molecule has 0 bridgehead atoms. The van der Waals surface area contributed by atoms with Gasteiger partial charge in [0.1, 0.15) is 0 Å². The normalized spacial score (nSPS) is 17.2. The van der Waals surface area contributed by atoms with Crippen LogP contribution >= 0.6 is 0 Å². The van der Waals surface area contributed by atoms with Gasteiger partial charge in [0.2, 0.25) is 0 Å². The van der Waals surface area contributed by atoms with Crippen LogP contribution in [0.25, 0.3) is 10.8 Å². The Bertz CT molecular complexity index is 860. The van der Waals surface area contributed by atoms with Crippen LogP contribution < -0.4 is 10.6 Å². The van der Waals surface area contributed by atoms with Crippen molar-refractivity contribution < 1.29 is 4.79 Å². The zero-order chi connectivity index (χ0) is 16.4. The number of aromatic nitrogens is 1. The maximum Gasteiger partial charge on any atom is 0.322 e. The molecule has 1 aromatic heterocycles. The zero-order valence-electron chi connectivity index (χ0n) is 13.1. The van der Waals surface area contributed by atoms with Crippen molar-refractivity contribution in [2.45, 2.75) is 6.04 Å². The molecule has 2 heterocycles. The summed E-state index contributed by atoms with van der Waals surface area (Å²) in [7, 11) is 0. The van der Waals surface area contributed by atoms with Crippen LogP contribution in [0, 0.1) is 0 Å². The van der Waals surface area contributed by atoms with Gasteiger partial charge in [-0.3, -0.25) is 10.3 Å². The molecule has 5 nitrogen and oxygen atoms in total. The molecule has 1 fully saturated rings. The quantitative estimate of drug-likeness (QED) is 0.761. The third-order valence-electron chi connectivity index (χ3n) is 4.34. The third-order valence-corrected chi connectivity index (χ3v) is 4.34. The Morgan fingerprint density at radius 3 is 2.88 bits per heavy atom. The number of hydrogen-bond acceptors (Lipinski definition) is 3. The van der Waals surface area contributed by atoms with Crippen LogP contribution in [0.4, 0.5) is 10.5 Å². The molecule has 2 amide bonds. The van der Waals surface area contributed by atoms with Gasteiger partial charge in [-0.25, -0.2) is 4.79 Å². The minimum absolute atomic E-state index is 0.0924. The monoisotopic (exact) mass is 318 g/mol. The Morgan fingerprint density at radius 1 is 1.12 bits per heavy atom. The highest BCUT2D eigenvalue weighted by Gasteiger charge is 2.26.